The smallest absolute Gasteiger partial charge is 0.244 e. The highest BCUT2D eigenvalue weighted by atomic mass is 79.9. The zero-order chi connectivity index (χ0) is 25.4. The summed E-state index contributed by atoms with van der Waals surface area (Å²) in [5, 5.41) is 4.79. The van der Waals surface area contributed by atoms with E-state index in [9.17, 15) is 4.79 Å². The number of nitrogens with zero attached hydrogens (tertiary/aromatic N) is 1. The summed E-state index contributed by atoms with van der Waals surface area (Å²) in [6.45, 7) is 9.25. The number of amides is 1. The molecule has 3 rings (SSSR count). The van der Waals surface area contributed by atoms with E-state index in [0.717, 1.165) is 21.2 Å². The Kier molecular flexibility index (Phi) is 9.35. The van der Waals surface area contributed by atoms with Crippen LogP contribution in [0.5, 0.6) is 11.5 Å². The van der Waals surface area contributed by atoms with Gasteiger partial charge in [0.15, 0.2) is 11.5 Å². The van der Waals surface area contributed by atoms with Crippen LogP contribution in [0.3, 0.4) is 0 Å². The van der Waals surface area contributed by atoms with Crippen molar-refractivity contribution in [3.63, 3.8) is 0 Å². The van der Waals surface area contributed by atoms with Crippen molar-refractivity contribution in [1.29, 1.82) is 0 Å². The minimum Gasteiger partial charge on any atom is -0.490 e. The molecule has 0 fully saturated rings. The minimum absolute atomic E-state index is 0.0795. The van der Waals surface area contributed by atoms with Crippen molar-refractivity contribution in [2.45, 2.75) is 46.1 Å². The first-order chi connectivity index (χ1) is 16.7. The van der Waals surface area contributed by atoms with Crippen LogP contribution in [-0.2, 0) is 23.2 Å². The molecule has 1 amide bonds. The molecule has 5 nitrogen and oxygen atoms in total. The van der Waals surface area contributed by atoms with Gasteiger partial charge in [-0.25, -0.2) is 5.43 Å². The number of nitrogens with one attached hydrogen (secondary N) is 1. The predicted molar refractivity (Wildman–Crippen MR) is 146 cm³/mol. The maximum Gasteiger partial charge on any atom is 0.244 e. The number of hydrogen-bond donors (Lipinski definition) is 1. The van der Waals surface area contributed by atoms with E-state index in [4.69, 9.17) is 21.1 Å². The Morgan fingerprint density at radius 1 is 1.03 bits per heavy atom. The molecule has 0 aliphatic carbocycles. The first-order valence-corrected chi connectivity index (χ1v) is 12.6. The number of benzene rings is 3. The Morgan fingerprint density at radius 3 is 2.31 bits per heavy atom. The van der Waals surface area contributed by atoms with Crippen molar-refractivity contribution in [2.24, 2.45) is 5.10 Å². The monoisotopic (exact) mass is 556 g/mol. The summed E-state index contributed by atoms with van der Waals surface area (Å²) in [6.07, 6.45) is 1.84. The van der Waals surface area contributed by atoms with Gasteiger partial charge < -0.3 is 9.47 Å². The predicted octanol–water partition coefficient (Wildman–Crippen LogP) is 7.07. The van der Waals surface area contributed by atoms with Crippen LogP contribution in [0, 0.1) is 0 Å². The van der Waals surface area contributed by atoms with E-state index in [1.165, 1.54) is 5.56 Å². The molecule has 1 N–H and O–H groups in total. The Morgan fingerprint density at radius 2 is 1.69 bits per heavy atom. The number of ether oxygens (including phenoxy) is 2. The average Bonchev–Trinajstić information content (AvgIpc) is 2.80. The van der Waals surface area contributed by atoms with Crippen molar-refractivity contribution >= 4 is 39.7 Å². The molecular weight excluding hydrogens is 528 g/mol. The van der Waals surface area contributed by atoms with Gasteiger partial charge in [0, 0.05) is 5.02 Å². The van der Waals surface area contributed by atoms with Crippen LogP contribution >= 0.6 is 27.5 Å². The van der Waals surface area contributed by atoms with Crippen LogP contribution < -0.4 is 14.9 Å². The van der Waals surface area contributed by atoms with Gasteiger partial charge in [-0.05, 0) is 74.8 Å². The molecule has 7 heteroatoms. The summed E-state index contributed by atoms with van der Waals surface area (Å²) in [7, 11) is 0. The molecule has 0 aromatic heterocycles. The fourth-order valence-electron chi connectivity index (χ4n) is 3.33. The van der Waals surface area contributed by atoms with Crippen LogP contribution in [0.2, 0.25) is 5.02 Å². The number of hydrazone groups is 1. The fraction of sp³-hybridized carbons (Fsp3) is 0.286. The normalized spacial score (nSPS) is 11.5. The second-order valence-electron chi connectivity index (χ2n) is 9.10. The highest BCUT2D eigenvalue weighted by molar-refractivity contribution is 9.10. The topological polar surface area (TPSA) is 59.9 Å². The maximum absolute atomic E-state index is 12.3. The molecule has 0 heterocycles. The zero-order valence-electron chi connectivity index (χ0n) is 20.4. The van der Waals surface area contributed by atoms with Crippen LogP contribution in [-0.4, -0.2) is 18.7 Å². The number of halogens is 2. The van der Waals surface area contributed by atoms with Gasteiger partial charge in [0.25, 0.3) is 0 Å². The molecule has 0 atom stereocenters. The lowest BCUT2D eigenvalue weighted by Gasteiger charge is -2.19. The van der Waals surface area contributed by atoms with Crippen LogP contribution in [0.1, 0.15) is 49.9 Å². The van der Waals surface area contributed by atoms with Gasteiger partial charge in [-0.1, -0.05) is 68.8 Å². The minimum atomic E-state index is -0.184. The molecule has 0 saturated heterocycles. The Balaban J connectivity index is 1.63. The van der Waals surface area contributed by atoms with E-state index < -0.39 is 0 Å². The second-order valence-corrected chi connectivity index (χ2v) is 10.4. The average molecular weight is 558 g/mol. The van der Waals surface area contributed by atoms with E-state index in [1.807, 2.05) is 55.5 Å². The summed E-state index contributed by atoms with van der Waals surface area (Å²) in [5.41, 5.74) is 6.59. The summed E-state index contributed by atoms with van der Waals surface area (Å²) in [6, 6.07) is 19.3. The van der Waals surface area contributed by atoms with Crippen LogP contribution in [0.4, 0.5) is 0 Å². The summed E-state index contributed by atoms with van der Waals surface area (Å²) in [5.74, 6) is 1.00. The number of hydrogen-bond acceptors (Lipinski definition) is 4. The van der Waals surface area contributed by atoms with Crippen molar-refractivity contribution in [2.75, 3.05) is 6.61 Å². The number of carbonyl (C=O) groups excluding carboxylic acids is 1. The molecule has 0 radical (unpaired) electrons. The molecule has 3 aromatic rings. The van der Waals surface area contributed by atoms with Gasteiger partial charge in [-0.15, -0.1) is 0 Å². The van der Waals surface area contributed by atoms with Gasteiger partial charge in [-0.3, -0.25) is 4.79 Å². The molecule has 0 spiro atoms. The lowest BCUT2D eigenvalue weighted by atomic mass is 9.86. The third-order valence-corrected chi connectivity index (χ3v) is 6.06. The van der Waals surface area contributed by atoms with Crippen molar-refractivity contribution < 1.29 is 14.3 Å². The third kappa shape index (κ3) is 8.11. The van der Waals surface area contributed by atoms with E-state index >= 15 is 0 Å². The first-order valence-electron chi connectivity index (χ1n) is 11.4. The van der Waals surface area contributed by atoms with E-state index in [2.05, 4.69) is 59.4 Å². The summed E-state index contributed by atoms with van der Waals surface area (Å²) >= 11 is 9.52. The molecule has 0 unspecified atom stereocenters. The van der Waals surface area contributed by atoms with Crippen molar-refractivity contribution in [1.82, 2.24) is 5.43 Å². The summed E-state index contributed by atoms with van der Waals surface area (Å²) in [4.78, 5) is 12.3. The van der Waals surface area contributed by atoms with Gasteiger partial charge in [0.2, 0.25) is 5.91 Å². The van der Waals surface area contributed by atoms with Gasteiger partial charge >= 0.3 is 0 Å². The lowest BCUT2D eigenvalue weighted by molar-refractivity contribution is -0.120. The molecule has 0 bridgehead atoms. The fourth-order valence-corrected chi connectivity index (χ4v) is 4.03. The van der Waals surface area contributed by atoms with Gasteiger partial charge in [-0.2, -0.15) is 5.10 Å². The van der Waals surface area contributed by atoms with Crippen LogP contribution in [0.15, 0.2) is 70.2 Å². The van der Waals surface area contributed by atoms with Gasteiger partial charge in [0.1, 0.15) is 6.61 Å². The highest BCUT2D eigenvalue weighted by Crippen LogP contribution is 2.37. The first kappa shape index (κ1) is 26.8. The number of carbonyl (C=O) groups is 1. The Hall–Kier alpha value is -2.83. The van der Waals surface area contributed by atoms with Crippen molar-refractivity contribution in [3.8, 4) is 11.5 Å². The third-order valence-electron chi connectivity index (χ3n) is 5.22. The van der Waals surface area contributed by atoms with Gasteiger partial charge in [0.05, 0.1) is 23.7 Å². The Bertz CT molecular complexity index is 1170. The van der Waals surface area contributed by atoms with E-state index in [0.29, 0.717) is 29.7 Å². The highest BCUT2D eigenvalue weighted by Gasteiger charge is 2.14. The van der Waals surface area contributed by atoms with Crippen LogP contribution in [0.25, 0.3) is 0 Å². The largest absolute Gasteiger partial charge is 0.490 e. The molecule has 184 valence electrons. The van der Waals surface area contributed by atoms with E-state index in [1.54, 1.807) is 6.21 Å². The quantitative estimate of drug-likeness (QED) is 0.226. The molecule has 0 saturated carbocycles. The SMILES string of the molecule is CCOc1cc(/C=N\NC(=O)Cc2ccc(C(C)(C)C)cc2)cc(Br)c1OCc1ccc(Cl)cc1. The Labute approximate surface area is 220 Å². The molecule has 0 aliphatic heterocycles. The lowest BCUT2D eigenvalue weighted by Crippen LogP contribution is -2.20. The molecule has 35 heavy (non-hydrogen) atoms. The summed E-state index contributed by atoms with van der Waals surface area (Å²) < 4.78 is 12.5. The molecule has 0 aliphatic rings. The van der Waals surface area contributed by atoms with Crippen molar-refractivity contribution in [3.05, 3.63) is 92.4 Å². The standard InChI is InChI=1S/C28H30BrClN2O3/c1-5-34-25-15-21(14-24(29)27(25)35-18-20-8-12-23(30)13-9-20)17-31-32-26(33)16-19-6-10-22(11-7-19)28(2,3)4/h6-15,17H,5,16,18H2,1-4H3,(H,32,33)/b31-17-. The second kappa shape index (κ2) is 12.2. The van der Waals surface area contributed by atoms with E-state index in [-0.39, 0.29) is 17.7 Å². The molecule has 3 aromatic carbocycles. The maximum atomic E-state index is 12.3. The number of rotatable bonds is 9. The molecular formula is C28H30BrClN2O3. The zero-order valence-corrected chi connectivity index (χ0v) is 22.7.